The van der Waals surface area contributed by atoms with E-state index in [4.69, 9.17) is 4.74 Å². The molecule has 9 heteroatoms. The number of aromatic nitrogens is 2. The van der Waals surface area contributed by atoms with E-state index >= 15 is 0 Å². The van der Waals surface area contributed by atoms with Crippen LogP contribution in [-0.4, -0.2) is 46.9 Å². The van der Waals surface area contributed by atoms with Crippen molar-refractivity contribution in [1.82, 2.24) is 15.3 Å². The summed E-state index contributed by atoms with van der Waals surface area (Å²) in [7, 11) is 1.59. The number of benzene rings is 1. The van der Waals surface area contributed by atoms with Gasteiger partial charge in [0.15, 0.2) is 5.13 Å². The van der Waals surface area contributed by atoms with Crippen molar-refractivity contribution in [2.24, 2.45) is 0 Å². The van der Waals surface area contributed by atoms with Crippen molar-refractivity contribution in [2.75, 3.05) is 24.4 Å². The van der Waals surface area contributed by atoms with Gasteiger partial charge in [-0.15, -0.1) is 11.3 Å². The number of rotatable bonds is 8. The van der Waals surface area contributed by atoms with E-state index in [1.54, 1.807) is 36.5 Å². The van der Waals surface area contributed by atoms with Gasteiger partial charge in [0.25, 0.3) is 5.91 Å². The lowest BCUT2D eigenvalue weighted by Crippen LogP contribution is -2.44. The second-order valence-corrected chi connectivity index (χ2v) is 7.65. The van der Waals surface area contributed by atoms with Crippen LogP contribution in [0.1, 0.15) is 16.9 Å². The molecule has 0 radical (unpaired) electrons. The lowest BCUT2D eigenvalue weighted by molar-refractivity contribution is -0.118. The number of H-pyrrole nitrogens is 1. The van der Waals surface area contributed by atoms with Crippen LogP contribution < -0.4 is 15.4 Å². The van der Waals surface area contributed by atoms with Crippen molar-refractivity contribution in [3.63, 3.8) is 0 Å². The average molecular weight is 405 g/mol. The maximum Gasteiger partial charge on any atom is 0.268 e. The highest BCUT2D eigenvalue weighted by molar-refractivity contribution is 7.98. The summed E-state index contributed by atoms with van der Waals surface area (Å²) >= 11 is 2.96. The lowest BCUT2D eigenvalue weighted by Gasteiger charge is -2.17. The zero-order valence-corrected chi connectivity index (χ0v) is 16.6. The Labute approximate surface area is 164 Å². The molecule has 7 nitrogen and oxygen atoms in total. The molecule has 0 unspecified atom stereocenters. The van der Waals surface area contributed by atoms with E-state index in [2.05, 4.69) is 20.6 Å². The highest BCUT2D eigenvalue weighted by Crippen LogP contribution is 2.21. The summed E-state index contributed by atoms with van der Waals surface area (Å²) < 4.78 is 5.20. The first-order chi connectivity index (χ1) is 13.1. The molecule has 3 N–H and O–H groups in total. The minimum Gasteiger partial charge on any atom is -0.497 e. The van der Waals surface area contributed by atoms with Gasteiger partial charge >= 0.3 is 0 Å². The smallest absolute Gasteiger partial charge is 0.268 e. The topological polar surface area (TPSA) is 96.1 Å². The van der Waals surface area contributed by atoms with Gasteiger partial charge in [-0.1, -0.05) is 0 Å². The predicted molar refractivity (Wildman–Crippen MR) is 110 cm³/mol. The van der Waals surface area contributed by atoms with Gasteiger partial charge in [-0.3, -0.25) is 9.59 Å². The number of carbonyl (C=O) groups is 2. The first kappa shape index (κ1) is 19.2. The van der Waals surface area contributed by atoms with E-state index in [0.717, 1.165) is 16.7 Å². The van der Waals surface area contributed by atoms with Gasteiger partial charge in [-0.05, 0) is 36.6 Å². The third-order valence-corrected chi connectivity index (χ3v) is 5.30. The standard InChI is InChI=1S/C18H20N4O3S2/c1-25-12-4-3-11-9-15(20-14(11)10-12)17(24)21-13(5-7-26-2)16(23)22-18-19-6-8-27-18/h3-4,6,8-10,13,20H,5,7H2,1-2H3,(H,21,24)(H,19,22,23)/t13-/m1/s1. The number of nitrogens with zero attached hydrogens (tertiary/aromatic N) is 1. The van der Waals surface area contributed by atoms with E-state index in [0.29, 0.717) is 23.0 Å². The van der Waals surface area contributed by atoms with Crippen molar-refractivity contribution in [2.45, 2.75) is 12.5 Å². The Morgan fingerprint density at radius 1 is 1.37 bits per heavy atom. The third kappa shape index (κ3) is 4.81. The summed E-state index contributed by atoms with van der Waals surface area (Å²) in [6.45, 7) is 0. The van der Waals surface area contributed by atoms with Gasteiger partial charge in [0.05, 0.1) is 7.11 Å². The Balaban J connectivity index is 1.74. The molecule has 3 aromatic rings. The Kier molecular flexibility index (Phi) is 6.36. The Morgan fingerprint density at radius 2 is 2.22 bits per heavy atom. The number of fused-ring (bicyclic) bond motifs is 1. The monoisotopic (exact) mass is 404 g/mol. The molecule has 0 bridgehead atoms. The van der Waals surface area contributed by atoms with E-state index in [-0.39, 0.29) is 11.8 Å². The molecule has 1 aromatic carbocycles. The molecule has 0 saturated carbocycles. The zero-order chi connectivity index (χ0) is 19.2. The van der Waals surface area contributed by atoms with Crippen molar-refractivity contribution >= 4 is 50.9 Å². The number of hydrogen-bond donors (Lipinski definition) is 3. The normalized spacial score (nSPS) is 11.9. The van der Waals surface area contributed by atoms with Gasteiger partial charge < -0.3 is 20.4 Å². The lowest BCUT2D eigenvalue weighted by atomic mass is 10.2. The van der Waals surface area contributed by atoms with Gasteiger partial charge in [-0.25, -0.2) is 4.98 Å². The fourth-order valence-electron chi connectivity index (χ4n) is 2.57. The Hall–Kier alpha value is -2.52. The molecule has 27 heavy (non-hydrogen) atoms. The molecule has 3 rings (SSSR count). The molecule has 0 aliphatic heterocycles. The van der Waals surface area contributed by atoms with E-state index in [1.165, 1.54) is 11.3 Å². The second kappa shape index (κ2) is 8.92. The first-order valence-corrected chi connectivity index (χ1v) is 10.5. The minimum absolute atomic E-state index is 0.273. The van der Waals surface area contributed by atoms with Crippen molar-refractivity contribution in [3.05, 3.63) is 41.5 Å². The average Bonchev–Trinajstić information content (AvgIpc) is 3.33. The molecule has 0 fully saturated rings. The van der Waals surface area contributed by atoms with Gasteiger partial charge in [0, 0.05) is 28.5 Å². The number of aromatic amines is 1. The molecule has 142 valence electrons. The van der Waals surface area contributed by atoms with E-state index in [1.807, 2.05) is 24.5 Å². The van der Waals surface area contributed by atoms with Gasteiger partial charge in [-0.2, -0.15) is 11.8 Å². The zero-order valence-electron chi connectivity index (χ0n) is 14.9. The fourth-order valence-corrected chi connectivity index (χ4v) is 3.58. The number of anilines is 1. The molecule has 2 heterocycles. The molecule has 0 saturated heterocycles. The Bertz CT molecular complexity index is 924. The van der Waals surface area contributed by atoms with Crippen molar-refractivity contribution < 1.29 is 14.3 Å². The molecule has 0 spiro atoms. The third-order valence-electron chi connectivity index (χ3n) is 3.97. The number of ether oxygens (including phenoxy) is 1. The van der Waals surface area contributed by atoms with Crippen LogP contribution in [0.4, 0.5) is 5.13 Å². The molecular formula is C18H20N4O3S2. The van der Waals surface area contributed by atoms with Crippen LogP contribution >= 0.6 is 23.1 Å². The van der Waals surface area contributed by atoms with Crippen LogP contribution in [0.3, 0.4) is 0 Å². The first-order valence-electron chi connectivity index (χ1n) is 8.27. The molecule has 1 atom stereocenters. The van der Waals surface area contributed by atoms with Crippen molar-refractivity contribution in [3.8, 4) is 5.75 Å². The number of hydrogen-bond acceptors (Lipinski definition) is 6. The summed E-state index contributed by atoms with van der Waals surface area (Å²) in [5.74, 6) is 0.854. The number of amides is 2. The molecule has 2 amide bonds. The van der Waals surface area contributed by atoms with Crippen molar-refractivity contribution in [1.29, 1.82) is 0 Å². The largest absolute Gasteiger partial charge is 0.497 e. The number of thioether (sulfide) groups is 1. The molecule has 2 aromatic heterocycles. The SMILES string of the molecule is COc1ccc2cc(C(=O)N[C@H](CCSC)C(=O)Nc3nccs3)[nH]c2c1. The van der Waals surface area contributed by atoms with Crippen LogP contribution in [0.25, 0.3) is 10.9 Å². The van der Waals surface area contributed by atoms with Gasteiger partial charge in [0.1, 0.15) is 17.5 Å². The predicted octanol–water partition coefficient (Wildman–Crippen LogP) is 3.12. The highest BCUT2D eigenvalue weighted by Gasteiger charge is 2.22. The highest BCUT2D eigenvalue weighted by atomic mass is 32.2. The van der Waals surface area contributed by atoms with Crippen LogP contribution in [0.15, 0.2) is 35.8 Å². The summed E-state index contributed by atoms with van der Waals surface area (Å²) in [5.41, 5.74) is 1.20. The minimum atomic E-state index is -0.644. The van der Waals surface area contributed by atoms with Gasteiger partial charge in [0.2, 0.25) is 5.91 Å². The van der Waals surface area contributed by atoms with Crippen LogP contribution in [0.5, 0.6) is 5.75 Å². The Morgan fingerprint density at radius 3 is 2.93 bits per heavy atom. The second-order valence-electron chi connectivity index (χ2n) is 5.77. The van der Waals surface area contributed by atoms with E-state index < -0.39 is 6.04 Å². The quantitative estimate of drug-likeness (QED) is 0.536. The number of nitrogens with one attached hydrogen (secondary N) is 3. The number of thiazole rings is 1. The summed E-state index contributed by atoms with van der Waals surface area (Å²) in [5, 5.41) is 8.76. The van der Waals surface area contributed by atoms with Crippen LogP contribution in [-0.2, 0) is 4.79 Å². The summed E-state index contributed by atoms with van der Waals surface area (Å²) in [4.78, 5) is 32.3. The maximum absolute atomic E-state index is 12.7. The molecular weight excluding hydrogens is 384 g/mol. The molecule has 0 aliphatic carbocycles. The summed E-state index contributed by atoms with van der Waals surface area (Å²) in [6, 6.07) is 6.65. The number of methoxy groups -OCH3 is 1. The fraction of sp³-hybridized carbons (Fsp3) is 0.278. The summed E-state index contributed by atoms with van der Waals surface area (Å²) in [6.07, 6.45) is 4.11. The number of carbonyl (C=O) groups excluding carboxylic acids is 2. The maximum atomic E-state index is 12.7. The molecule has 0 aliphatic rings. The van der Waals surface area contributed by atoms with Crippen LogP contribution in [0.2, 0.25) is 0 Å². The van der Waals surface area contributed by atoms with Crippen LogP contribution in [0, 0.1) is 0 Å². The van der Waals surface area contributed by atoms with E-state index in [9.17, 15) is 9.59 Å².